The van der Waals surface area contributed by atoms with Gasteiger partial charge in [-0.05, 0) is 24.8 Å². The highest BCUT2D eigenvalue weighted by atomic mass is 16.5. The maximum absolute atomic E-state index is 5.58. The molecule has 0 spiro atoms. The molecule has 1 heterocycles. The number of aromatic nitrogens is 1. The Morgan fingerprint density at radius 1 is 1.19 bits per heavy atom. The Morgan fingerprint density at radius 2 is 2.04 bits per heavy atom. The Labute approximate surface area is 157 Å². The number of hydrogen-bond acceptors (Lipinski definition) is 5. The van der Waals surface area contributed by atoms with Gasteiger partial charge in [-0.2, -0.15) is 0 Å². The van der Waals surface area contributed by atoms with E-state index in [1.54, 1.807) is 13.3 Å². The van der Waals surface area contributed by atoms with Crippen LogP contribution >= 0.6 is 0 Å². The second-order valence-electron chi connectivity index (χ2n) is 6.29. The second-order valence-corrected chi connectivity index (χ2v) is 6.29. The average Bonchev–Trinajstić information content (AvgIpc) is 2.63. The first-order chi connectivity index (χ1) is 12.7. The van der Waals surface area contributed by atoms with Gasteiger partial charge < -0.3 is 24.8 Å². The van der Waals surface area contributed by atoms with Crippen LogP contribution in [0.1, 0.15) is 32.8 Å². The molecule has 0 aliphatic carbocycles. The molecule has 1 aromatic rings. The first kappa shape index (κ1) is 22.2. The molecule has 0 atom stereocenters. The maximum Gasteiger partial charge on any atom is 0.213 e. The molecule has 0 bridgehead atoms. The number of methoxy groups -OCH3 is 1. The topological polar surface area (TPSA) is 77.0 Å². The van der Waals surface area contributed by atoms with Gasteiger partial charge >= 0.3 is 0 Å². The van der Waals surface area contributed by atoms with E-state index in [4.69, 9.17) is 14.2 Å². The SMILES string of the molecule is CCNC(=NCc1ccc(OCCOC)nc1)NCCCOCC(C)C. The van der Waals surface area contributed by atoms with E-state index in [0.29, 0.717) is 31.6 Å². The first-order valence-electron chi connectivity index (χ1n) is 9.32. The van der Waals surface area contributed by atoms with E-state index in [0.717, 1.165) is 44.2 Å². The molecule has 1 rings (SSSR count). The molecule has 148 valence electrons. The number of guanidine groups is 1. The minimum absolute atomic E-state index is 0.496. The molecule has 7 nitrogen and oxygen atoms in total. The average molecular weight is 367 g/mol. The van der Waals surface area contributed by atoms with Gasteiger partial charge in [0.25, 0.3) is 0 Å². The molecule has 26 heavy (non-hydrogen) atoms. The Morgan fingerprint density at radius 3 is 2.69 bits per heavy atom. The van der Waals surface area contributed by atoms with Crippen molar-refractivity contribution in [3.8, 4) is 5.88 Å². The first-order valence-corrected chi connectivity index (χ1v) is 9.32. The molecule has 0 saturated heterocycles. The van der Waals surface area contributed by atoms with Crippen molar-refractivity contribution in [3.63, 3.8) is 0 Å². The van der Waals surface area contributed by atoms with Crippen molar-refractivity contribution < 1.29 is 14.2 Å². The molecule has 0 saturated carbocycles. The summed E-state index contributed by atoms with van der Waals surface area (Å²) in [5, 5.41) is 6.57. The summed E-state index contributed by atoms with van der Waals surface area (Å²) in [6.07, 6.45) is 2.74. The third kappa shape index (κ3) is 10.9. The monoisotopic (exact) mass is 366 g/mol. The molecule has 0 aromatic carbocycles. The van der Waals surface area contributed by atoms with E-state index >= 15 is 0 Å². The van der Waals surface area contributed by atoms with Crippen molar-refractivity contribution in [3.05, 3.63) is 23.9 Å². The predicted octanol–water partition coefficient (Wildman–Crippen LogP) is 2.22. The second kappa shape index (κ2) is 14.3. The number of hydrogen-bond donors (Lipinski definition) is 2. The molecule has 0 amide bonds. The van der Waals surface area contributed by atoms with Gasteiger partial charge in [-0.3, -0.25) is 0 Å². The summed E-state index contributed by atoms with van der Waals surface area (Å²) in [6, 6.07) is 3.83. The van der Waals surface area contributed by atoms with Crippen molar-refractivity contribution in [2.75, 3.05) is 46.6 Å². The van der Waals surface area contributed by atoms with E-state index < -0.39 is 0 Å². The van der Waals surface area contributed by atoms with E-state index in [9.17, 15) is 0 Å². The van der Waals surface area contributed by atoms with Gasteiger partial charge in [-0.1, -0.05) is 19.9 Å². The lowest BCUT2D eigenvalue weighted by molar-refractivity contribution is 0.108. The standard InChI is InChI=1S/C19H34N4O3/c1-5-20-19(21-9-6-10-25-15-16(2)3)23-14-17-7-8-18(22-13-17)26-12-11-24-4/h7-8,13,16H,5-6,9-12,14-15H2,1-4H3,(H2,20,21,23). The fourth-order valence-electron chi connectivity index (χ4n) is 2.03. The molecule has 0 unspecified atom stereocenters. The molecular formula is C19H34N4O3. The molecule has 0 radical (unpaired) electrons. The summed E-state index contributed by atoms with van der Waals surface area (Å²) in [7, 11) is 1.65. The number of rotatable bonds is 13. The summed E-state index contributed by atoms with van der Waals surface area (Å²) in [6.45, 7) is 11.2. The number of pyridine rings is 1. The molecular weight excluding hydrogens is 332 g/mol. The van der Waals surface area contributed by atoms with Crippen LogP contribution in [-0.4, -0.2) is 57.6 Å². The third-order valence-electron chi connectivity index (χ3n) is 3.31. The van der Waals surface area contributed by atoms with Crippen molar-refractivity contribution >= 4 is 5.96 Å². The number of nitrogens with zero attached hydrogens (tertiary/aromatic N) is 2. The van der Waals surface area contributed by atoms with Gasteiger partial charge in [0.15, 0.2) is 5.96 Å². The highest BCUT2D eigenvalue weighted by Gasteiger charge is 2.00. The van der Waals surface area contributed by atoms with Gasteiger partial charge in [0.2, 0.25) is 5.88 Å². The van der Waals surface area contributed by atoms with Crippen LogP contribution in [0.2, 0.25) is 0 Å². The zero-order chi connectivity index (χ0) is 19.0. The van der Waals surface area contributed by atoms with Gasteiger partial charge in [0.05, 0.1) is 13.2 Å². The van der Waals surface area contributed by atoms with Crippen molar-refractivity contribution in [2.45, 2.75) is 33.7 Å². The van der Waals surface area contributed by atoms with Crippen LogP contribution < -0.4 is 15.4 Å². The Bertz CT molecular complexity index is 492. The van der Waals surface area contributed by atoms with Crippen LogP contribution in [0.3, 0.4) is 0 Å². The highest BCUT2D eigenvalue weighted by molar-refractivity contribution is 5.79. The lowest BCUT2D eigenvalue weighted by Crippen LogP contribution is -2.38. The number of ether oxygens (including phenoxy) is 3. The quantitative estimate of drug-likeness (QED) is 0.317. The van der Waals surface area contributed by atoms with Crippen LogP contribution in [-0.2, 0) is 16.0 Å². The highest BCUT2D eigenvalue weighted by Crippen LogP contribution is 2.08. The lowest BCUT2D eigenvalue weighted by atomic mass is 10.2. The fraction of sp³-hybridized carbons (Fsp3) is 0.684. The summed E-state index contributed by atoms with van der Waals surface area (Å²) in [5.74, 6) is 1.98. The Hall–Kier alpha value is -1.86. The molecule has 7 heteroatoms. The van der Waals surface area contributed by atoms with Gasteiger partial charge in [0.1, 0.15) is 6.61 Å². The molecule has 1 aromatic heterocycles. The summed E-state index contributed by atoms with van der Waals surface area (Å²) in [5.41, 5.74) is 1.03. The normalized spacial score (nSPS) is 11.7. The number of aliphatic imine (C=N–C) groups is 1. The van der Waals surface area contributed by atoms with Crippen LogP contribution in [0.25, 0.3) is 0 Å². The zero-order valence-corrected chi connectivity index (χ0v) is 16.6. The van der Waals surface area contributed by atoms with Crippen molar-refractivity contribution in [1.82, 2.24) is 15.6 Å². The van der Waals surface area contributed by atoms with E-state index in [1.165, 1.54) is 0 Å². The maximum atomic E-state index is 5.58. The molecule has 0 fully saturated rings. The van der Waals surface area contributed by atoms with E-state index in [-0.39, 0.29) is 0 Å². The van der Waals surface area contributed by atoms with Crippen molar-refractivity contribution in [1.29, 1.82) is 0 Å². The van der Waals surface area contributed by atoms with E-state index in [1.807, 2.05) is 12.1 Å². The summed E-state index contributed by atoms with van der Waals surface area (Å²) >= 11 is 0. The smallest absolute Gasteiger partial charge is 0.213 e. The largest absolute Gasteiger partial charge is 0.475 e. The fourth-order valence-corrected chi connectivity index (χ4v) is 2.03. The minimum Gasteiger partial charge on any atom is -0.475 e. The minimum atomic E-state index is 0.496. The summed E-state index contributed by atoms with van der Waals surface area (Å²) < 4.78 is 16.0. The Kier molecular flexibility index (Phi) is 12.2. The third-order valence-corrected chi connectivity index (χ3v) is 3.31. The van der Waals surface area contributed by atoms with E-state index in [2.05, 4.69) is 41.4 Å². The van der Waals surface area contributed by atoms with Crippen LogP contribution in [0.15, 0.2) is 23.3 Å². The molecule has 2 N–H and O–H groups in total. The molecule has 0 aliphatic heterocycles. The van der Waals surface area contributed by atoms with Crippen LogP contribution in [0.5, 0.6) is 5.88 Å². The number of nitrogens with one attached hydrogen (secondary N) is 2. The lowest BCUT2D eigenvalue weighted by Gasteiger charge is -2.12. The van der Waals surface area contributed by atoms with Gasteiger partial charge in [0, 0.05) is 45.7 Å². The van der Waals surface area contributed by atoms with Crippen LogP contribution in [0, 0.1) is 5.92 Å². The van der Waals surface area contributed by atoms with Gasteiger partial charge in [-0.25, -0.2) is 9.98 Å². The summed E-state index contributed by atoms with van der Waals surface area (Å²) in [4.78, 5) is 8.87. The van der Waals surface area contributed by atoms with Gasteiger partial charge in [-0.15, -0.1) is 0 Å². The van der Waals surface area contributed by atoms with Crippen LogP contribution in [0.4, 0.5) is 0 Å². The Balaban J connectivity index is 2.35. The zero-order valence-electron chi connectivity index (χ0n) is 16.6. The van der Waals surface area contributed by atoms with Crippen molar-refractivity contribution in [2.24, 2.45) is 10.9 Å². The molecule has 0 aliphatic rings. The predicted molar refractivity (Wildman–Crippen MR) is 105 cm³/mol.